The second-order valence-corrected chi connectivity index (χ2v) is 7.77. The summed E-state index contributed by atoms with van der Waals surface area (Å²) in [7, 11) is 1.79. The summed E-state index contributed by atoms with van der Waals surface area (Å²) in [5.41, 5.74) is 5.17. The number of nitrogens with one attached hydrogen (secondary N) is 1. The molecule has 6 heterocycles. The Morgan fingerprint density at radius 1 is 1.25 bits per heavy atom. The molecule has 0 aliphatic carbocycles. The van der Waals surface area contributed by atoms with Crippen molar-refractivity contribution >= 4 is 11.4 Å². The zero-order chi connectivity index (χ0) is 21.8. The SMILES string of the molecule is Cc1c(C2c3nc[nH]c3CCN2C(=O)c2nnc(-c3cnn(C)c3)o2)nn2ccccc12. The van der Waals surface area contributed by atoms with E-state index in [1.165, 1.54) is 0 Å². The highest BCUT2D eigenvalue weighted by molar-refractivity contribution is 5.90. The molecule has 0 fully saturated rings. The van der Waals surface area contributed by atoms with Crippen molar-refractivity contribution in [2.75, 3.05) is 6.54 Å². The Balaban J connectivity index is 1.43. The van der Waals surface area contributed by atoms with Crippen LogP contribution in [0.3, 0.4) is 0 Å². The number of nitrogens with zero attached hydrogens (tertiary/aromatic N) is 8. The van der Waals surface area contributed by atoms with Gasteiger partial charge in [0.05, 0.1) is 35.0 Å². The van der Waals surface area contributed by atoms with E-state index in [-0.39, 0.29) is 17.7 Å². The monoisotopic (exact) mass is 429 g/mol. The van der Waals surface area contributed by atoms with Crippen LogP contribution in [0.25, 0.3) is 17.0 Å². The van der Waals surface area contributed by atoms with Crippen LogP contribution in [-0.2, 0) is 13.5 Å². The van der Waals surface area contributed by atoms with Gasteiger partial charge in [-0.05, 0) is 19.1 Å². The Hall–Kier alpha value is -4.28. The molecule has 1 amide bonds. The van der Waals surface area contributed by atoms with E-state index in [1.807, 2.05) is 35.8 Å². The third-order valence-corrected chi connectivity index (χ3v) is 5.83. The molecule has 0 saturated carbocycles. The third-order valence-electron chi connectivity index (χ3n) is 5.83. The first kappa shape index (κ1) is 18.5. The van der Waals surface area contributed by atoms with Crippen LogP contribution in [-0.4, -0.2) is 56.9 Å². The minimum absolute atomic E-state index is 0.0748. The number of imidazole rings is 1. The van der Waals surface area contributed by atoms with Crippen LogP contribution in [0.4, 0.5) is 0 Å². The second kappa shape index (κ2) is 6.87. The number of amides is 1. The standard InChI is InChI=1S/C21H19N9O2/c1-12-15-5-3-4-7-30(15)27-16(12)18-17-14(22-11-23-17)6-8-29(18)21(31)20-26-25-19(32-20)13-9-24-28(2)10-13/h3-5,7,9-11,18H,6,8H2,1-2H3,(H,22,23). The highest BCUT2D eigenvalue weighted by Crippen LogP contribution is 2.36. The number of carbonyl (C=O) groups excluding carboxylic acids is 1. The van der Waals surface area contributed by atoms with Gasteiger partial charge in [-0.15, -0.1) is 10.2 Å². The van der Waals surface area contributed by atoms with Gasteiger partial charge in [-0.3, -0.25) is 9.48 Å². The fraction of sp³-hybridized carbons (Fsp3) is 0.238. The number of H-pyrrole nitrogens is 1. The van der Waals surface area contributed by atoms with E-state index >= 15 is 0 Å². The van der Waals surface area contributed by atoms with Crippen LogP contribution < -0.4 is 0 Å². The number of carbonyl (C=O) groups is 1. The van der Waals surface area contributed by atoms with Gasteiger partial charge in [-0.1, -0.05) is 6.07 Å². The Bertz CT molecular complexity index is 1460. The number of aromatic nitrogens is 8. The smallest absolute Gasteiger partial charge is 0.312 e. The van der Waals surface area contributed by atoms with Gasteiger partial charge in [0.25, 0.3) is 5.89 Å². The summed E-state index contributed by atoms with van der Waals surface area (Å²) in [6.45, 7) is 2.48. The quantitative estimate of drug-likeness (QED) is 0.465. The van der Waals surface area contributed by atoms with Crippen molar-refractivity contribution in [1.82, 2.24) is 44.5 Å². The van der Waals surface area contributed by atoms with Crippen LogP contribution in [0, 0.1) is 6.92 Å². The van der Waals surface area contributed by atoms with Gasteiger partial charge in [-0.2, -0.15) is 10.2 Å². The maximum absolute atomic E-state index is 13.5. The van der Waals surface area contributed by atoms with Gasteiger partial charge in [0, 0.05) is 43.7 Å². The van der Waals surface area contributed by atoms with Gasteiger partial charge < -0.3 is 14.3 Å². The largest absolute Gasteiger partial charge is 0.412 e. The highest BCUT2D eigenvalue weighted by atomic mass is 16.4. The number of fused-ring (bicyclic) bond motifs is 2. The summed E-state index contributed by atoms with van der Waals surface area (Å²) < 4.78 is 9.17. The zero-order valence-electron chi connectivity index (χ0n) is 17.4. The Kier molecular flexibility index (Phi) is 3.97. The van der Waals surface area contributed by atoms with Crippen molar-refractivity contribution in [3.05, 3.63) is 71.7 Å². The molecule has 1 N–H and O–H groups in total. The minimum atomic E-state index is -0.467. The molecule has 0 saturated heterocycles. The molecule has 0 aromatic carbocycles. The van der Waals surface area contributed by atoms with Crippen molar-refractivity contribution in [3.63, 3.8) is 0 Å². The van der Waals surface area contributed by atoms with Gasteiger partial charge in [0.1, 0.15) is 6.04 Å². The van der Waals surface area contributed by atoms with Crippen LogP contribution in [0.2, 0.25) is 0 Å². The fourth-order valence-electron chi connectivity index (χ4n) is 4.25. The first-order valence-electron chi connectivity index (χ1n) is 10.2. The lowest BCUT2D eigenvalue weighted by Crippen LogP contribution is -2.41. The summed E-state index contributed by atoms with van der Waals surface area (Å²) in [6.07, 6.45) is 7.56. The van der Waals surface area contributed by atoms with Crippen molar-refractivity contribution in [1.29, 1.82) is 0 Å². The number of rotatable bonds is 3. The molecule has 0 spiro atoms. The van der Waals surface area contributed by atoms with Crippen molar-refractivity contribution < 1.29 is 9.21 Å². The zero-order valence-corrected chi connectivity index (χ0v) is 17.4. The Labute approximate surface area is 181 Å². The number of hydrogen-bond donors (Lipinski definition) is 1. The summed E-state index contributed by atoms with van der Waals surface area (Å²) in [4.78, 5) is 23.0. The highest BCUT2D eigenvalue weighted by Gasteiger charge is 2.39. The lowest BCUT2D eigenvalue weighted by molar-refractivity contribution is 0.0646. The first-order chi connectivity index (χ1) is 15.6. The lowest BCUT2D eigenvalue weighted by Gasteiger charge is -2.33. The minimum Gasteiger partial charge on any atom is -0.412 e. The van der Waals surface area contributed by atoms with Gasteiger partial charge >= 0.3 is 11.8 Å². The van der Waals surface area contributed by atoms with Gasteiger partial charge in [0.2, 0.25) is 0 Å². The molecular weight excluding hydrogens is 410 g/mol. The molecule has 160 valence electrons. The first-order valence-corrected chi connectivity index (χ1v) is 10.2. The van der Waals surface area contributed by atoms with E-state index in [4.69, 9.17) is 9.52 Å². The maximum Gasteiger partial charge on any atom is 0.312 e. The van der Waals surface area contributed by atoms with Crippen molar-refractivity contribution in [2.24, 2.45) is 7.05 Å². The van der Waals surface area contributed by atoms with E-state index in [0.717, 1.165) is 28.2 Å². The second-order valence-electron chi connectivity index (χ2n) is 7.77. The van der Waals surface area contributed by atoms with E-state index in [2.05, 4.69) is 25.3 Å². The van der Waals surface area contributed by atoms with E-state index in [0.29, 0.717) is 18.5 Å². The normalized spacial score (nSPS) is 15.9. The molecule has 6 rings (SSSR count). The van der Waals surface area contributed by atoms with Crippen molar-refractivity contribution in [3.8, 4) is 11.5 Å². The molecule has 11 heteroatoms. The molecule has 1 aliphatic heterocycles. The van der Waals surface area contributed by atoms with E-state index in [1.54, 1.807) is 35.4 Å². The van der Waals surface area contributed by atoms with Crippen LogP contribution in [0.15, 0.2) is 47.5 Å². The van der Waals surface area contributed by atoms with Gasteiger partial charge in [-0.25, -0.2) is 9.50 Å². The number of hydrogen-bond acceptors (Lipinski definition) is 7. The molecule has 0 radical (unpaired) electrons. The molecule has 5 aromatic rings. The summed E-state index contributed by atoms with van der Waals surface area (Å²) in [5, 5.41) is 17.0. The van der Waals surface area contributed by atoms with E-state index in [9.17, 15) is 4.79 Å². The molecule has 5 aromatic heterocycles. The average molecular weight is 429 g/mol. The molecule has 11 nitrogen and oxygen atoms in total. The summed E-state index contributed by atoms with van der Waals surface area (Å²) >= 11 is 0. The maximum atomic E-state index is 13.5. The van der Waals surface area contributed by atoms with E-state index < -0.39 is 6.04 Å². The Morgan fingerprint density at radius 2 is 2.16 bits per heavy atom. The molecule has 0 bridgehead atoms. The van der Waals surface area contributed by atoms with Gasteiger partial charge in [0.15, 0.2) is 0 Å². The van der Waals surface area contributed by atoms with Crippen LogP contribution >= 0.6 is 0 Å². The fourth-order valence-corrected chi connectivity index (χ4v) is 4.25. The lowest BCUT2D eigenvalue weighted by atomic mass is 9.97. The Morgan fingerprint density at radius 3 is 2.97 bits per heavy atom. The predicted octanol–water partition coefficient (Wildman–Crippen LogP) is 1.94. The summed E-state index contributed by atoms with van der Waals surface area (Å²) in [6, 6.07) is 5.43. The van der Waals surface area contributed by atoms with Crippen LogP contribution in [0.5, 0.6) is 0 Å². The molecule has 32 heavy (non-hydrogen) atoms. The molecule has 1 atom stereocenters. The van der Waals surface area contributed by atoms with Crippen LogP contribution in [0.1, 0.15) is 39.4 Å². The third kappa shape index (κ3) is 2.74. The number of pyridine rings is 1. The predicted molar refractivity (Wildman–Crippen MR) is 112 cm³/mol. The molecular formula is C21H19N9O2. The number of aryl methyl sites for hydroxylation is 2. The number of aromatic amines is 1. The van der Waals surface area contributed by atoms with Crippen molar-refractivity contribution in [2.45, 2.75) is 19.4 Å². The molecule has 1 aliphatic rings. The summed E-state index contributed by atoms with van der Waals surface area (Å²) in [5.74, 6) is -0.184. The molecule has 1 unspecified atom stereocenters. The topological polar surface area (TPSA) is 123 Å². The average Bonchev–Trinajstić information content (AvgIpc) is 3.59.